The van der Waals surface area contributed by atoms with E-state index in [9.17, 15) is 4.79 Å². The zero-order valence-corrected chi connectivity index (χ0v) is 10.4. The number of carboxylic acid groups (broad SMARTS) is 1. The summed E-state index contributed by atoms with van der Waals surface area (Å²) < 4.78 is 5.40. The first-order chi connectivity index (χ1) is 8.25. The molecule has 0 aliphatic carbocycles. The van der Waals surface area contributed by atoms with Gasteiger partial charge in [-0.2, -0.15) is 0 Å². The Bertz CT molecular complexity index is 347. The fraction of sp³-hybridized carbons (Fsp3) is 0.583. The molecule has 1 aliphatic heterocycles. The highest BCUT2D eigenvalue weighted by Crippen LogP contribution is 2.23. The summed E-state index contributed by atoms with van der Waals surface area (Å²) in [4.78, 5) is 12.0. The van der Waals surface area contributed by atoms with Crippen LogP contribution in [0.4, 0.5) is 0 Å². The van der Waals surface area contributed by atoms with Crippen LogP contribution in [-0.4, -0.2) is 30.3 Å². The second kappa shape index (κ2) is 6.14. The van der Waals surface area contributed by atoms with Crippen molar-refractivity contribution in [3.05, 3.63) is 22.4 Å². The van der Waals surface area contributed by atoms with E-state index in [1.54, 1.807) is 11.3 Å². The van der Waals surface area contributed by atoms with Gasteiger partial charge in [-0.1, -0.05) is 6.07 Å². The summed E-state index contributed by atoms with van der Waals surface area (Å²) in [7, 11) is 0. The van der Waals surface area contributed by atoms with Crippen molar-refractivity contribution >= 4 is 17.3 Å². The van der Waals surface area contributed by atoms with Gasteiger partial charge in [-0.25, -0.2) is 0 Å². The zero-order chi connectivity index (χ0) is 12.1. The number of hydrogen-bond donors (Lipinski definition) is 2. The van der Waals surface area contributed by atoms with Crippen LogP contribution in [0.2, 0.25) is 0 Å². The number of nitrogens with one attached hydrogen (secondary N) is 1. The van der Waals surface area contributed by atoms with E-state index in [-0.39, 0.29) is 18.5 Å². The molecule has 2 heterocycles. The van der Waals surface area contributed by atoms with Gasteiger partial charge < -0.3 is 15.2 Å². The molecular weight excluding hydrogens is 238 g/mol. The predicted octanol–water partition coefficient (Wildman–Crippen LogP) is 2.03. The number of ether oxygens (including phenoxy) is 1. The highest BCUT2D eigenvalue weighted by atomic mass is 32.1. The van der Waals surface area contributed by atoms with Gasteiger partial charge in [0.05, 0.1) is 19.1 Å². The van der Waals surface area contributed by atoms with Gasteiger partial charge >= 0.3 is 5.97 Å². The molecule has 0 saturated carbocycles. The third-order valence-corrected chi connectivity index (χ3v) is 3.85. The fourth-order valence-corrected chi connectivity index (χ4v) is 2.85. The molecule has 17 heavy (non-hydrogen) atoms. The number of rotatable bonds is 5. The molecule has 2 unspecified atom stereocenters. The first-order valence-electron chi connectivity index (χ1n) is 5.84. The Kier molecular flexibility index (Phi) is 4.53. The standard InChI is InChI=1S/C12H17NO3S/c14-12(15)7-10(11-4-2-6-17-11)13-9-3-1-5-16-8-9/h2,4,6,9-10,13H,1,3,5,7-8H2,(H,14,15). The summed E-state index contributed by atoms with van der Waals surface area (Å²) in [5.74, 6) is -0.771. The second-order valence-corrected chi connectivity index (χ2v) is 5.23. The molecule has 0 aromatic carbocycles. The SMILES string of the molecule is O=C(O)CC(NC1CCCOC1)c1cccs1. The summed E-state index contributed by atoms with van der Waals surface area (Å²) >= 11 is 1.59. The molecule has 2 N–H and O–H groups in total. The van der Waals surface area contributed by atoms with Crippen molar-refractivity contribution in [3.63, 3.8) is 0 Å². The third-order valence-electron chi connectivity index (χ3n) is 2.86. The van der Waals surface area contributed by atoms with E-state index in [4.69, 9.17) is 9.84 Å². The molecule has 5 heteroatoms. The normalized spacial score (nSPS) is 22.2. The number of hydrogen-bond acceptors (Lipinski definition) is 4. The zero-order valence-electron chi connectivity index (χ0n) is 9.59. The summed E-state index contributed by atoms with van der Waals surface area (Å²) in [6, 6.07) is 4.11. The van der Waals surface area contributed by atoms with Crippen LogP contribution in [0.15, 0.2) is 17.5 Å². The Morgan fingerprint density at radius 2 is 2.59 bits per heavy atom. The minimum absolute atomic E-state index is 0.0980. The highest BCUT2D eigenvalue weighted by molar-refractivity contribution is 7.10. The van der Waals surface area contributed by atoms with Crippen molar-refractivity contribution in [2.24, 2.45) is 0 Å². The number of aliphatic carboxylic acids is 1. The number of carboxylic acids is 1. The minimum atomic E-state index is -0.771. The van der Waals surface area contributed by atoms with Crippen molar-refractivity contribution < 1.29 is 14.6 Å². The maximum atomic E-state index is 10.9. The smallest absolute Gasteiger partial charge is 0.305 e. The lowest BCUT2D eigenvalue weighted by Crippen LogP contribution is -2.39. The third kappa shape index (κ3) is 3.80. The molecular formula is C12H17NO3S. The van der Waals surface area contributed by atoms with Crippen LogP contribution in [0.25, 0.3) is 0 Å². The van der Waals surface area contributed by atoms with E-state index in [1.165, 1.54) is 0 Å². The molecule has 0 bridgehead atoms. The molecule has 0 spiro atoms. The van der Waals surface area contributed by atoms with Crippen molar-refractivity contribution in [2.75, 3.05) is 13.2 Å². The minimum Gasteiger partial charge on any atom is -0.481 e. The highest BCUT2D eigenvalue weighted by Gasteiger charge is 2.22. The van der Waals surface area contributed by atoms with E-state index < -0.39 is 5.97 Å². The second-order valence-electron chi connectivity index (χ2n) is 4.25. The van der Waals surface area contributed by atoms with Crippen LogP contribution < -0.4 is 5.32 Å². The van der Waals surface area contributed by atoms with Crippen molar-refractivity contribution in [3.8, 4) is 0 Å². The maximum Gasteiger partial charge on any atom is 0.305 e. The Morgan fingerprint density at radius 3 is 3.18 bits per heavy atom. The average molecular weight is 255 g/mol. The first-order valence-corrected chi connectivity index (χ1v) is 6.72. The number of carbonyl (C=O) groups is 1. The maximum absolute atomic E-state index is 10.9. The Hall–Kier alpha value is -0.910. The lowest BCUT2D eigenvalue weighted by atomic mass is 10.1. The van der Waals surface area contributed by atoms with E-state index in [0.29, 0.717) is 6.61 Å². The van der Waals surface area contributed by atoms with Gasteiger partial charge in [0, 0.05) is 17.5 Å². The van der Waals surface area contributed by atoms with Crippen molar-refractivity contribution in [1.29, 1.82) is 0 Å². The molecule has 2 atom stereocenters. The summed E-state index contributed by atoms with van der Waals surface area (Å²) in [6.45, 7) is 1.50. The van der Waals surface area contributed by atoms with Gasteiger partial charge in [0.25, 0.3) is 0 Å². The van der Waals surface area contributed by atoms with E-state index in [1.807, 2.05) is 17.5 Å². The summed E-state index contributed by atoms with van der Waals surface area (Å²) in [5, 5.41) is 14.3. The van der Waals surface area contributed by atoms with Crippen LogP contribution in [0.5, 0.6) is 0 Å². The molecule has 0 radical (unpaired) electrons. The molecule has 1 aliphatic rings. The van der Waals surface area contributed by atoms with Gasteiger partial charge in [-0.15, -0.1) is 11.3 Å². The summed E-state index contributed by atoms with van der Waals surface area (Å²) in [6.07, 6.45) is 2.22. The first kappa shape index (κ1) is 12.5. The van der Waals surface area contributed by atoms with E-state index in [0.717, 1.165) is 24.3 Å². The van der Waals surface area contributed by atoms with Crippen LogP contribution in [0.3, 0.4) is 0 Å². The lowest BCUT2D eigenvalue weighted by Gasteiger charge is -2.27. The Labute approximate surface area is 105 Å². The van der Waals surface area contributed by atoms with Gasteiger partial charge in [0.1, 0.15) is 0 Å². The quantitative estimate of drug-likeness (QED) is 0.845. The van der Waals surface area contributed by atoms with Crippen molar-refractivity contribution in [1.82, 2.24) is 5.32 Å². The van der Waals surface area contributed by atoms with Crippen LogP contribution in [-0.2, 0) is 9.53 Å². The monoisotopic (exact) mass is 255 g/mol. The number of thiophene rings is 1. The lowest BCUT2D eigenvalue weighted by molar-refractivity contribution is -0.137. The summed E-state index contributed by atoms with van der Waals surface area (Å²) in [5.41, 5.74) is 0. The van der Waals surface area contributed by atoms with Gasteiger partial charge in [-0.3, -0.25) is 4.79 Å². The molecule has 1 fully saturated rings. The van der Waals surface area contributed by atoms with Gasteiger partial charge in [0.15, 0.2) is 0 Å². The average Bonchev–Trinajstić information content (AvgIpc) is 2.82. The van der Waals surface area contributed by atoms with Crippen LogP contribution >= 0.6 is 11.3 Å². The van der Waals surface area contributed by atoms with Gasteiger partial charge in [-0.05, 0) is 24.3 Å². The predicted molar refractivity (Wildman–Crippen MR) is 66.3 cm³/mol. The molecule has 2 rings (SSSR count). The van der Waals surface area contributed by atoms with Crippen LogP contribution in [0, 0.1) is 0 Å². The molecule has 1 aromatic heterocycles. The Morgan fingerprint density at radius 1 is 1.71 bits per heavy atom. The molecule has 94 valence electrons. The Balaban J connectivity index is 1.97. The topological polar surface area (TPSA) is 58.6 Å². The molecule has 1 aromatic rings. The molecule has 1 saturated heterocycles. The fourth-order valence-electron chi connectivity index (χ4n) is 2.06. The van der Waals surface area contributed by atoms with E-state index >= 15 is 0 Å². The van der Waals surface area contributed by atoms with Crippen LogP contribution in [0.1, 0.15) is 30.2 Å². The molecule has 4 nitrogen and oxygen atoms in total. The molecule has 0 amide bonds. The van der Waals surface area contributed by atoms with Crippen molar-refractivity contribution in [2.45, 2.75) is 31.3 Å². The largest absolute Gasteiger partial charge is 0.481 e. The van der Waals surface area contributed by atoms with E-state index in [2.05, 4.69) is 5.32 Å². The van der Waals surface area contributed by atoms with Gasteiger partial charge in [0.2, 0.25) is 0 Å².